The third-order valence-corrected chi connectivity index (χ3v) is 6.63. The standard InChI is InChI=1S/C22H27N5O2/c28-21(10-9-20-23-14-24-25-20)26-11-12-27(19-6-2-5-18(19)26)22(29)17-4-1-3-16(13-17)15-7-8-15/h1,3-4,13-15,18-19H,2,5-12H2,(H,23,24,25)/t18-,19+/m0/s1. The van der Waals surface area contributed by atoms with E-state index in [1.54, 1.807) is 0 Å². The Morgan fingerprint density at radius 3 is 2.62 bits per heavy atom. The summed E-state index contributed by atoms with van der Waals surface area (Å²) >= 11 is 0. The Labute approximate surface area is 170 Å². The maximum Gasteiger partial charge on any atom is 0.254 e. The van der Waals surface area contributed by atoms with Crippen molar-refractivity contribution in [2.24, 2.45) is 0 Å². The molecule has 1 aromatic heterocycles. The normalized spacial score (nSPS) is 23.9. The van der Waals surface area contributed by atoms with Crippen molar-refractivity contribution < 1.29 is 9.59 Å². The molecule has 29 heavy (non-hydrogen) atoms. The maximum absolute atomic E-state index is 13.3. The number of amides is 2. The summed E-state index contributed by atoms with van der Waals surface area (Å²) in [6.07, 6.45) is 7.95. The highest BCUT2D eigenvalue weighted by atomic mass is 16.2. The summed E-state index contributed by atoms with van der Waals surface area (Å²) in [5, 5.41) is 6.65. The molecule has 1 saturated heterocycles. The molecule has 2 amide bonds. The minimum atomic E-state index is 0.123. The van der Waals surface area contributed by atoms with Crippen molar-refractivity contribution in [3.8, 4) is 0 Å². The Morgan fingerprint density at radius 2 is 1.86 bits per heavy atom. The number of piperazine rings is 1. The molecule has 3 fully saturated rings. The molecule has 0 radical (unpaired) electrons. The topological polar surface area (TPSA) is 82.2 Å². The van der Waals surface area contributed by atoms with E-state index in [-0.39, 0.29) is 23.9 Å². The molecular weight excluding hydrogens is 366 g/mol. The lowest BCUT2D eigenvalue weighted by atomic mass is 10.0. The number of aryl methyl sites for hydroxylation is 1. The molecule has 3 aliphatic rings. The van der Waals surface area contributed by atoms with Gasteiger partial charge in [0.25, 0.3) is 5.91 Å². The number of nitrogens with zero attached hydrogens (tertiary/aromatic N) is 4. The Hall–Kier alpha value is -2.70. The predicted octanol–water partition coefficient (Wildman–Crippen LogP) is 2.52. The van der Waals surface area contributed by atoms with Crippen LogP contribution in [0.1, 0.15) is 66.2 Å². The van der Waals surface area contributed by atoms with E-state index in [1.165, 1.54) is 24.7 Å². The van der Waals surface area contributed by atoms with Gasteiger partial charge in [0.15, 0.2) is 0 Å². The average molecular weight is 393 g/mol. The number of H-pyrrole nitrogens is 1. The first-order valence-electron chi connectivity index (χ1n) is 10.8. The summed E-state index contributed by atoms with van der Waals surface area (Å²) in [5.41, 5.74) is 2.09. The third-order valence-electron chi connectivity index (χ3n) is 6.63. The van der Waals surface area contributed by atoms with E-state index in [4.69, 9.17) is 0 Å². The van der Waals surface area contributed by atoms with Crippen molar-refractivity contribution in [2.75, 3.05) is 13.1 Å². The Kier molecular flexibility index (Phi) is 4.81. The number of aromatic amines is 1. The molecule has 1 aliphatic heterocycles. The molecule has 2 saturated carbocycles. The first-order valence-corrected chi connectivity index (χ1v) is 10.8. The second-order valence-electron chi connectivity index (χ2n) is 8.48. The van der Waals surface area contributed by atoms with Crippen molar-refractivity contribution >= 4 is 11.8 Å². The fourth-order valence-corrected chi connectivity index (χ4v) is 4.99. The van der Waals surface area contributed by atoms with Gasteiger partial charge in [0.2, 0.25) is 5.91 Å². The van der Waals surface area contributed by atoms with E-state index in [1.807, 2.05) is 21.9 Å². The van der Waals surface area contributed by atoms with Gasteiger partial charge in [-0.2, -0.15) is 5.10 Å². The highest BCUT2D eigenvalue weighted by molar-refractivity contribution is 5.95. The Morgan fingerprint density at radius 1 is 1.07 bits per heavy atom. The largest absolute Gasteiger partial charge is 0.336 e. The van der Waals surface area contributed by atoms with Gasteiger partial charge >= 0.3 is 0 Å². The molecule has 5 rings (SSSR count). The molecule has 0 spiro atoms. The highest BCUT2D eigenvalue weighted by Crippen LogP contribution is 2.40. The summed E-state index contributed by atoms with van der Waals surface area (Å²) in [5.74, 6) is 1.66. The van der Waals surface area contributed by atoms with E-state index in [9.17, 15) is 9.59 Å². The van der Waals surface area contributed by atoms with Crippen LogP contribution < -0.4 is 0 Å². The minimum Gasteiger partial charge on any atom is -0.336 e. The third kappa shape index (κ3) is 3.66. The molecule has 7 nitrogen and oxygen atoms in total. The minimum absolute atomic E-state index is 0.123. The van der Waals surface area contributed by atoms with Crippen LogP contribution in [0.15, 0.2) is 30.6 Å². The van der Waals surface area contributed by atoms with Gasteiger partial charge < -0.3 is 9.80 Å². The summed E-state index contributed by atoms with van der Waals surface area (Å²) in [4.78, 5) is 34.3. The zero-order valence-corrected chi connectivity index (χ0v) is 16.6. The molecular formula is C22H27N5O2. The zero-order valence-electron chi connectivity index (χ0n) is 16.6. The van der Waals surface area contributed by atoms with Gasteiger partial charge in [-0.25, -0.2) is 4.98 Å². The van der Waals surface area contributed by atoms with Crippen LogP contribution in [0.2, 0.25) is 0 Å². The lowest BCUT2D eigenvalue weighted by Crippen LogP contribution is -2.60. The van der Waals surface area contributed by atoms with Crippen LogP contribution in [0.5, 0.6) is 0 Å². The smallest absolute Gasteiger partial charge is 0.254 e. The molecule has 1 aromatic carbocycles. The lowest BCUT2D eigenvalue weighted by Gasteiger charge is -2.45. The number of nitrogens with one attached hydrogen (secondary N) is 1. The SMILES string of the molecule is O=C(c1cccc(C2CC2)c1)N1CCN(C(=O)CCc2ncn[nH]2)[C@H]2CCC[C@H]21. The molecule has 0 unspecified atom stereocenters. The summed E-state index contributed by atoms with van der Waals surface area (Å²) < 4.78 is 0. The zero-order chi connectivity index (χ0) is 19.8. The van der Waals surface area contributed by atoms with Gasteiger partial charge in [-0.05, 0) is 55.7 Å². The lowest BCUT2D eigenvalue weighted by molar-refractivity contribution is -0.136. The van der Waals surface area contributed by atoms with Gasteiger partial charge in [-0.1, -0.05) is 12.1 Å². The van der Waals surface area contributed by atoms with Crippen molar-refractivity contribution in [3.63, 3.8) is 0 Å². The van der Waals surface area contributed by atoms with Crippen molar-refractivity contribution in [2.45, 2.75) is 62.9 Å². The highest BCUT2D eigenvalue weighted by Gasteiger charge is 2.43. The second-order valence-corrected chi connectivity index (χ2v) is 8.48. The monoisotopic (exact) mass is 393 g/mol. The van der Waals surface area contributed by atoms with Crippen LogP contribution in [-0.2, 0) is 11.2 Å². The molecule has 0 bridgehead atoms. The first-order chi connectivity index (χ1) is 14.2. The van der Waals surface area contributed by atoms with Crippen molar-refractivity contribution in [1.82, 2.24) is 25.0 Å². The number of hydrogen-bond acceptors (Lipinski definition) is 4. The summed E-state index contributed by atoms with van der Waals surface area (Å²) in [6, 6.07) is 8.44. The van der Waals surface area contributed by atoms with E-state index in [0.29, 0.717) is 31.8 Å². The molecule has 2 heterocycles. The maximum atomic E-state index is 13.3. The van der Waals surface area contributed by atoms with Crippen molar-refractivity contribution in [1.29, 1.82) is 0 Å². The molecule has 2 aromatic rings. The van der Waals surface area contributed by atoms with Crippen LogP contribution in [0.4, 0.5) is 0 Å². The number of aromatic nitrogens is 3. The quantitative estimate of drug-likeness (QED) is 0.846. The van der Waals surface area contributed by atoms with Crippen LogP contribution in [0.25, 0.3) is 0 Å². The molecule has 7 heteroatoms. The molecule has 2 atom stereocenters. The summed E-state index contributed by atoms with van der Waals surface area (Å²) in [6.45, 7) is 1.23. The van der Waals surface area contributed by atoms with Gasteiger partial charge in [0.05, 0.1) is 12.1 Å². The van der Waals surface area contributed by atoms with E-state index in [2.05, 4.69) is 27.3 Å². The average Bonchev–Trinajstić information content (AvgIpc) is 3.25. The van der Waals surface area contributed by atoms with Crippen LogP contribution in [-0.4, -0.2) is 62.0 Å². The molecule has 152 valence electrons. The van der Waals surface area contributed by atoms with Gasteiger partial charge in [0, 0.05) is 31.5 Å². The summed E-state index contributed by atoms with van der Waals surface area (Å²) in [7, 11) is 0. The van der Waals surface area contributed by atoms with Gasteiger partial charge in [-0.15, -0.1) is 0 Å². The van der Waals surface area contributed by atoms with E-state index < -0.39 is 0 Å². The predicted molar refractivity (Wildman–Crippen MR) is 107 cm³/mol. The Balaban J connectivity index is 1.27. The number of fused-ring (bicyclic) bond motifs is 1. The fraction of sp³-hybridized carbons (Fsp3) is 0.545. The van der Waals surface area contributed by atoms with Gasteiger partial charge in [-0.3, -0.25) is 14.7 Å². The van der Waals surface area contributed by atoms with E-state index >= 15 is 0 Å². The number of hydrogen-bond donors (Lipinski definition) is 1. The number of rotatable bonds is 5. The van der Waals surface area contributed by atoms with Gasteiger partial charge in [0.1, 0.15) is 12.2 Å². The molecule has 1 N–H and O–H groups in total. The second kappa shape index (κ2) is 7.61. The number of carbonyl (C=O) groups excluding carboxylic acids is 2. The number of carbonyl (C=O) groups is 2. The first kappa shape index (κ1) is 18.3. The molecule has 2 aliphatic carbocycles. The van der Waals surface area contributed by atoms with Crippen LogP contribution in [0.3, 0.4) is 0 Å². The Bertz CT molecular complexity index is 892. The van der Waals surface area contributed by atoms with Crippen LogP contribution >= 0.6 is 0 Å². The van der Waals surface area contributed by atoms with Crippen LogP contribution in [0, 0.1) is 0 Å². The fourth-order valence-electron chi connectivity index (χ4n) is 4.99. The number of benzene rings is 1. The van der Waals surface area contributed by atoms with E-state index in [0.717, 1.165) is 30.7 Å². The van der Waals surface area contributed by atoms with Crippen molar-refractivity contribution in [3.05, 3.63) is 47.5 Å².